The Labute approximate surface area is 169 Å². The van der Waals surface area contributed by atoms with Gasteiger partial charge in [0.1, 0.15) is 22.5 Å². The molecule has 0 saturated heterocycles. The predicted molar refractivity (Wildman–Crippen MR) is 120 cm³/mol. The number of para-hydroxylation sites is 1. The molecule has 5 aromatic rings. The lowest BCUT2D eigenvalue weighted by molar-refractivity contribution is 0.499. The standard InChI is InChI=1S/C27H22O2/c1-15-10-17(3)26-23(12-15)21-14-18(8-9-25(21)28-26)20-11-16(2)13-22-19-6-4-5-7-24(19)29-27(20)22/h4-9,11-14,17H,10H2,1-3H3. The van der Waals surface area contributed by atoms with Gasteiger partial charge in [-0.05, 0) is 61.7 Å². The first-order chi connectivity index (χ1) is 14.1. The van der Waals surface area contributed by atoms with E-state index in [0.717, 1.165) is 40.1 Å². The first-order valence-corrected chi connectivity index (χ1v) is 10.2. The average Bonchev–Trinajstić information content (AvgIpc) is 3.26. The highest BCUT2D eigenvalue weighted by Gasteiger charge is 2.23. The maximum atomic E-state index is 6.30. The zero-order chi connectivity index (χ0) is 19.7. The van der Waals surface area contributed by atoms with Crippen LogP contribution in [0.1, 0.15) is 43.1 Å². The van der Waals surface area contributed by atoms with Crippen molar-refractivity contribution in [3.63, 3.8) is 0 Å². The zero-order valence-electron chi connectivity index (χ0n) is 16.9. The van der Waals surface area contributed by atoms with Gasteiger partial charge in [0.2, 0.25) is 0 Å². The fraction of sp³-hybridized carbons (Fsp3) is 0.185. The third-order valence-electron chi connectivity index (χ3n) is 6.16. The minimum Gasteiger partial charge on any atom is -0.460 e. The smallest absolute Gasteiger partial charge is 0.143 e. The molecule has 1 aliphatic carbocycles. The predicted octanol–water partition coefficient (Wildman–Crippen LogP) is 8.22. The Kier molecular flexibility index (Phi) is 3.37. The Morgan fingerprint density at radius 2 is 1.66 bits per heavy atom. The van der Waals surface area contributed by atoms with Gasteiger partial charge >= 0.3 is 0 Å². The maximum absolute atomic E-state index is 6.30. The van der Waals surface area contributed by atoms with E-state index in [1.807, 2.05) is 12.1 Å². The lowest BCUT2D eigenvalue weighted by Crippen LogP contribution is -1.99. The normalized spacial score (nSPS) is 16.5. The highest BCUT2D eigenvalue weighted by atomic mass is 16.3. The van der Waals surface area contributed by atoms with E-state index >= 15 is 0 Å². The molecule has 0 spiro atoms. The summed E-state index contributed by atoms with van der Waals surface area (Å²) in [6, 6.07) is 19.2. The summed E-state index contributed by atoms with van der Waals surface area (Å²) in [5.41, 5.74) is 9.04. The summed E-state index contributed by atoms with van der Waals surface area (Å²) in [6.45, 7) is 6.61. The van der Waals surface area contributed by atoms with Gasteiger partial charge in [-0.15, -0.1) is 0 Å². The number of allylic oxidation sites excluding steroid dienone is 1. The summed E-state index contributed by atoms with van der Waals surface area (Å²) >= 11 is 0. The number of fused-ring (bicyclic) bond motifs is 6. The Balaban J connectivity index is 1.65. The molecule has 1 atom stereocenters. The van der Waals surface area contributed by atoms with Crippen LogP contribution in [0.25, 0.3) is 50.1 Å². The van der Waals surface area contributed by atoms with Crippen molar-refractivity contribution >= 4 is 39.0 Å². The van der Waals surface area contributed by atoms with Gasteiger partial charge in [-0.2, -0.15) is 0 Å². The lowest BCUT2D eigenvalue weighted by Gasteiger charge is -2.15. The van der Waals surface area contributed by atoms with Crippen LogP contribution in [0.2, 0.25) is 0 Å². The number of benzene rings is 3. The second-order valence-electron chi connectivity index (χ2n) is 8.47. The van der Waals surface area contributed by atoms with E-state index in [0.29, 0.717) is 5.92 Å². The summed E-state index contributed by atoms with van der Waals surface area (Å²) in [6.07, 6.45) is 3.36. The van der Waals surface area contributed by atoms with Crippen molar-refractivity contribution in [2.45, 2.75) is 33.1 Å². The number of hydrogen-bond donors (Lipinski definition) is 0. The van der Waals surface area contributed by atoms with Crippen molar-refractivity contribution in [1.29, 1.82) is 0 Å². The number of furan rings is 2. The second kappa shape index (κ2) is 5.87. The fourth-order valence-electron chi connectivity index (χ4n) is 4.88. The highest BCUT2D eigenvalue weighted by molar-refractivity contribution is 6.10. The van der Waals surface area contributed by atoms with E-state index in [9.17, 15) is 0 Å². The molecule has 0 saturated carbocycles. The van der Waals surface area contributed by atoms with Crippen molar-refractivity contribution in [3.8, 4) is 11.1 Å². The molecule has 0 fully saturated rings. The van der Waals surface area contributed by atoms with E-state index in [-0.39, 0.29) is 0 Å². The zero-order valence-corrected chi connectivity index (χ0v) is 16.9. The van der Waals surface area contributed by atoms with Crippen LogP contribution in [0.3, 0.4) is 0 Å². The van der Waals surface area contributed by atoms with E-state index in [2.05, 4.69) is 69.3 Å². The van der Waals surface area contributed by atoms with Crippen LogP contribution in [-0.2, 0) is 0 Å². The molecule has 0 N–H and O–H groups in total. The molecule has 0 amide bonds. The molecule has 2 heteroatoms. The molecule has 6 rings (SSSR count). The minimum atomic E-state index is 0.423. The Bertz CT molecular complexity index is 1460. The SMILES string of the molecule is CC1=Cc2c(oc3ccc(-c4cc(C)cc5c4oc4ccccc45)cc23)C(C)C1. The molecule has 0 bridgehead atoms. The molecule has 1 aliphatic rings. The van der Waals surface area contributed by atoms with Crippen LogP contribution < -0.4 is 0 Å². The quantitative estimate of drug-likeness (QED) is 0.294. The lowest BCUT2D eigenvalue weighted by atomic mass is 9.89. The third-order valence-corrected chi connectivity index (χ3v) is 6.16. The summed E-state index contributed by atoms with van der Waals surface area (Å²) in [7, 11) is 0. The second-order valence-corrected chi connectivity index (χ2v) is 8.47. The minimum absolute atomic E-state index is 0.423. The van der Waals surface area contributed by atoms with Crippen LogP contribution in [0.15, 0.2) is 69.0 Å². The number of rotatable bonds is 1. The van der Waals surface area contributed by atoms with E-state index in [1.165, 1.54) is 32.9 Å². The van der Waals surface area contributed by atoms with Gasteiger partial charge in [-0.25, -0.2) is 0 Å². The molecular weight excluding hydrogens is 356 g/mol. The summed E-state index contributed by atoms with van der Waals surface area (Å²) in [5.74, 6) is 1.53. The van der Waals surface area contributed by atoms with Crippen LogP contribution in [0, 0.1) is 6.92 Å². The van der Waals surface area contributed by atoms with Crippen LogP contribution in [0.5, 0.6) is 0 Å². The molecule has 2 aromatic heterocycles. The van der Waals surface area contributed by atoms with E-state index in [4.69, 9.17) is 8.83 Å². The molecule has 2 heterocycles. The van der Waals surface area contributed by atoms with E-state index in [1.54, 1.807) is 0 Å². The maximum Gasteiger partial charge on any atom is 0.143 e. The van der Waals surface area contributed by atoms with Crippen molar-refractivity contribution < 1.29 is 8.83 Å². The molecule has 2 nitrogen and oxygen atoms in total. The van der Waals surface area contributed by atoms with Gasteiger partial charge in [0.25, 0.3) is 0 Å². The fourth-order valence-corrected chi connectivity index (χ4v) is 4.88. The Morgan fingerprint density at radius 3 is 2.55 bits per heavy atom. The van der Waals surface area contributed by atoms with Gasteiger partial charge < -0.3 is 8.83 Å². The van der Waals surface area contributed by atoms with Crippen molar-refractivity contribution in [3.05, 3.63) is 77.1 Å². The van der Waals surface area contributed by atoms with Gasteiger partial charge in [-0.1, -0.05) is 42.8 Å². The Hall–Kier alpha value is -3.26. The average molecular weight is 378 g/mol. The van der Waals surface area contributed by atoms with Crippen LogP contribution in [0.4, 0.5) is 0 Å². The molecule has 142 valence electrons. The molecule has 29 heavy (non-hydrogen) atoms. The summed E-state index contributed by atoms with van der Waals surface area (Å²) in [4.78, 5) is 0. The summed E-state index contributed by atoms with van der Waals surface area (Å²) in [5, 5.41) is 3.53. The number of aryl methyl sites for hydroxylation is 1. The van der Waals surface area contributed by atoms with Crippen LogP contribution >= 0.6 is 0 Å². The van der Waals surface area contributed by atoms with Crippen LogP contribution in [-0.4, -0.2) is 0 Å². The largest absolute Gasteiger partial charge is 0.460 e. The van der Waals surface area contributed by atoms with Crippen molar-refractivity contribution in [2.75, 3.05) is 0 Å². The van der Waals surface area contributed by atoms with Crippen molar-refractivity contribution in [2.24, 2.45) is 0 Å². The monoisotopic (exact) mass is 378 g/mol. The third kappa shape index (κ3) is 2.42. The van der Waals surface area contributed by atoms with Gasteiger partial charge in [-0.3, -0.25) is 0 Å². The van der Waals surface area contributed by atoms with Gasteiger partial charge in [0.05, 0.1) is 0 Å². The van der Waals surface area contributed by atoms with E-state index < -0.39 is 0 Å². The molecule has 3 aromatic carbocycles. The van der Waals surface area contributed by atoms with Gasteiger partial charge in [0.15, 0.2) is 0 Å². The molecule has 1 unspecified atom stereocenters. The molecule has 0 aliphatic heterocycles. The van der Waals surface area contributed by atoms with Crippen molar-refractivity contribution in [1.82, 2.24) is 0 Å². The summed E-state index contributed by atoms with van der Waals surface area (Å²) < 4.78 is 12.5. The topological polar surface area (TPSA) is 26.3 Å². The highest BCUT2D eigenvalue weighted by Crippen LogP contribution is 2.42. The van der Waals surface area contributed by atoms with Gasteiger partial charge in [0, 0.05) is 33.2 Å². The molecule has 0 radical (unpaired) electrons. The number of hydrogen-bond acceptors (Lipinski definition) is 2. The first kappa shape index (κ1) is 16.7. The Morgan fingerprint density at radius 1 is 0.828 bits per heavy atom. The first-order valence-electron chi connectivity index (χ1n) is 10.2. The molecular formula is C27H22O2.